The van der Waals surface area contributed by atoms with Crippen LogP contribution in [0.5, 0.6) is 5.75 Å². The summed E-state index contributed by atoms with van der Waals surface area (Å²) < 4.78 is 10.8. The number of amides is 1. The van der Waals surface area contributed by atoms with Gasteiger partial charge in [0.2, 0.25) is 0 Å². The highest BCUT2D eigenvalue weighted by molar-refractivity contribution is 7.09. The SMILES string of the molecule is Cc1nc(COc2ccc(C(=O)OCC(=O)N3CCCC[C@H]3C)cc2)cs1. The van der Waals surface area contributed by atoms with Crippen molar-refractivity contribution in [1.82, 2.24) is 9.88 Å². The molecule has 27 heavy (non-hydrogen) atoms. The van der Waals surface area contributed by atoms with Crippen molar-refractivity contribution in [2.75, 3.05) is 13.2 Å². The number of carbonyl (C=O) groups is 2. The molecule has 1 atom stereocenters. The van der Waals surface area contributed by atoms with Crippen LogP contribution in [0.15, 0.2) is 29.6 Å². The minimum atomic E-state index is -0.505. The number of thiazole rings is 1. The van der Waals surface area contributed by atoms with Crippen molar-refractivity contribution in [3.05, 3.63) is 45.9 Å². The summed E-state index contributed by atoms with van der Waals surface area (Å²) in [5.74, 6) is 0.0131. The molecule has 2 aromatic rings. The van der Waals surface area contributed by atoms with Crippen LogP contribution in [0.4, 0.5) is 0 Å². The predicted octanol–water partition coefficient (Wildman–Crippen LogP) is 3.59. The topological polar surface area (TPSA) is 68.7 Å². The minimum Gasteiger partial charge on any atom is -0.487 e. The van der Waals surface area contributed by atoms with Crippen LogP contribution in [0.2, 0.25) is 0 Å². The van der Waals surface area contributed by atoms with Crippen molar-refractivity contribution in [1.29, 1.82) is 0 Å². The number of hydrogen-bond donors (Lipinski definition) is 0. The Morgan fingerprint density at radius 2 is 2.04 bits per heavy atom. The van der Waals surface area contributed by atoms with E-state index in [0.717, 1.165) is 36.5 Å². The van der Waals surface area contributed by atoms with Gasteiger partial charge in [0.05, 0.1) is 16.3 Å². The molecule has 0 spiro atoms. The molecular formula is C20H24N2O4S. The van der Waals surface area contributed by atoms with Crippen LogP contribution in [0, 0.1) is 6.92 Å². The molecule has 1 aliphatic heterocycles. The zero-order valence-corrected chi connectivity index (χ0v) is 16.5. The Hall–Kier alpha value is -2.41. The van der Waals surface area contributed by atoms with Crippen LogP contribution >= 0.6 is 11.3 Å². The number of hydrogen-bond acceptors (Lipinski definition) is 6. The normalized spacial score (nSPS) is 16.8. The lowest BCUT2D eigenvalue weighted by atomic mass is 10.0. The Morgan fingerprint density at radius 1 is 1.26 bits per heavy atom. The molecule has 1 saturated heterocycles. The number of benzene rings is 1. The fraction of sp³-hybridized carbons (Fsp3) is 0.450. The van der Waals surface area contributed by atoms with E-state index in [1.807, 2.05) is 19.2 Å². The molecule has 1 aliphatic rings. The molecule has 0 saturated carbocycles. The zero-order chi connectivity index (χ0) is 19.2. The quantitative estimate of drug-likeness (QED) is 0.708. The molecule has 7 heteroatoms. The Morgan fingerprint density at radius 3 is 2.70 bits per heavy atom. The molecule has 1 amide bonds. The van der Waals surface area contributed by atoms with Gasteiger partial charge in [-0.2, -0.15) is 0 Å². The summed E-state index contributed by atoms with van der Waals surface area (Å²) in [5.41, 5.74) is 1.28. The van der Waals surface area contributed by atoms with Gasteiger partial charge in [-0.05, 0) is 57.4 Å². The standard InChI is InChI=1S/C20H24N2O4S/c1-14-5-3-4-10-22(14)19(23)12-26-20(24)16-6-8-18(9-7-16)25-11-17-13-27-15(2)21-17/h6-9,13-14H,3-5,10-12H2,1-2H3/t14-/m1/s1. The van der Waals surface area contributed by atoms with Crippen LogP contribution in [-0.2, 0) is 16.1 Å². The van der Waals surface area contributed by atoms with E-state index in [0.29, 0.717) is 17.9 Å². The van der Waals surface area contributed by atoms with Crippen LogP contribution in [-0.4, -0.2) is 41.0 Å². The van der Waals surface area contributed by atoms with E-state index in [-0.39, 0.29) is 18.6 Å². The average molecular weight is 388 g/mol. The summed E-state index contributed by atoms with van der Waals surface area (Å²) >= 11 is 1.58. The van der Waals surface area contributed by atoms with Gasteiger partial charge in [0.25, 0.3) is 5.91 Å². The van der Waals surface area contributed by atoms with Crippen molar-refractivity contribution >= 4 is 23.2 Å². The Labute approximate surface area is 163 Å². The first-order valence-corrected chi connectivity index (χ1v) is 10.0. The second-order valence-corrected chi connectivity index (χ2v) is 7.74. The third kappa shape index (κ3) is 5.29. The summed E-state index contributed by atoms with van der Waals surface area (Å²) in [4.78, 5) is 30.5. The van der Waals surface area contributed by atoms with Crippen molar-refractivity contribution in [3.8, 4) is 5.75 Å². The number of piperidine rings is 1. The lowest BCUT2D eigenvalue weighted by Crippen LogP contribution is -2.44. The monoisotopic (exact) mass is 388 g/mol. The number of esters is 1. The zero-order valence-electron chi connectivity index (χ0n) is 15.6. The number of rotatable bonds is 6. The van der Waals surface area contributed by atoms with E-state index in [2.05, 4.69) is 4.98 Å². The van der Waals surface area contributed by atoms with Gasteiger partial charge >= 0.3 is 5.97 Å². The van der Waals surface area contributed by atoms with Gasteiger partial charge < -0.3 is 14.4 Å². The molecule has 0 unspecified atom stereocenters. The maximum atomic E-state index is 12.2. The largest absolute Gasteiger partial charge is 0.487 e. The van der Waals surface area contributed by atoms with E-state index in [1.54, 1.807) is 40.5 Å². The maximum absolute atomic E-state index is 12.2. The highest BCUT2D eigenvalue weighted by Crippen LogP contribution is 2.18. The highest BCUT2D eigenvalue weighted by Gasteiger charge is 2.24. The summed E-state index contributed by atoms with van der Waals surface area (Å²) in [6, 6.07) is 6.91. The van der Waals surface area contributed by atoms with Gasteiger partial charge in [-0.1, -0.05) is 0 Å². The van der Waals surface area contributed by atoms with Crippen LogP contribution in [0.3, 0.4) is 0 Å². The second-order valence-electron chi connectivity index (χ2n) is 6.68. The van der Waals surface area contributed by atoms with Crippen molar-refractivity contribution in [3.63, 3.8) is 0 Å². The first-order valence-electron chi connectivity index (χ1n) is 9.13. The molecule has 0 aliphatic carbocycles. The lowest BCUT2D eigenvalue weighted by Gasteiger charge is -2.33. The van der Waals surface area contributed by atoms with E-state index < -0.39 is 5.97 Å². The van der Waals surface area contributed by atoms with Gasteiger partial charge in [0.15, 0.2) is 6.61 Å². The van der Waals surface area contributed by atoms with E-state index >= 15 is 0 Å². The van der Waals surface area contributed by atoms with E-state index in [1.165, 1.54) is 0 Å². The number of aryl methyl sites for hydroxylation is 1. The molecule has 1 fully saturated rings. The van der Waals surface area contributed by atoms with Gasteiger partial charge in [-0.3, -0.25) is 4.79 Å². The minimum absolute atomic E-state index is 0.131. The highest BCUT2D eigenvalue weighted by atomic mass is 32.1. The van der Waals surface area contributed by atoms with Crippen molar-refractivity contribution < 1.29 is 19.1 Å². The van der Waals surface area contributed by atoms with Gasteiger partial charge in [-0.15, -0.1) is 11.3 Å². The Kier molecular flexibility index (Phi) is 6.45. The predicted molar refractivity (Wildman–Crippen MR) is 103 cm³/mol. The first kappa shape index (κ1) is 19.4. The smallest absolute Gasteiger partial charge is 0.338 e. The van der Waals surface area contributed by atoms with Gasteiger partial charge in [0.1, 0.15) is 12.4 Å². The Balaban J connectivity index is 1.47. The Bertz CT molecular complexity index is 788. The van der Waals surface area contributed by atoms with Gasteiger partial charge in [0, 0.05) is 18.0 Å². The third-order valence-corrected chi connectivity index (χ3v) is 5.42. The van der Waals surface area contributed by atoms with Crippen LogP contribution < -0.4 is 4.74 Å². The number of likely N-dealkylation sites (tertiary alicyclic amines) is 1. The summed E-state index contributed by atoms with van der Waals surface area (Å²) in [5, 5.41) is 2.96. The lowest BCUT2D eigenvalue weighted by molar-refractivity contribution is -0.137. The third-order valence-electron chi connectivity index (χ3n) is 4.59. The molecule has 3 rings (SSSR count). The van der Waals surface area contributed by atoms with Crippen molar-refractivity contribution in [2.45, 2.75) is 45.8 Å². The summed E-state index contributed by atoms with van der Waals surface area (Å²) in [6.45, 7) is 4.89. The number of ether oxygens (including phenoxy) is 2. The van der Waals surface area contributed by atoms with Gasteiger partial charge in [-0.25, -0.2) is 9.78 Å². The number of aromatic nitrogens is 1. The molecule has 2 heterocycles. The average Bonchev–Trinajstić information content (AvgIpc) is 3.10. The molecule has 1 aromatic heterocycles. The van der Waals surface area contributed by atoms with Crippen LogP contribution in [0.1, 0.15) is 47.2 Å². The first-order chi connectivity index (χ1) is 13.0. The molecule has 144 valence electrons. The molecule has 1 aromatic carbocycles. The molecule has 0 bridgehead atoms. The van der Waals surface area contributed by atoms with Crippen LogP contribution in [0.25, 0.3) is 0 Å². The fourth-order valence-electron chi connectivity index (χ4n) is 3.08. The second kappa shape index (κ2) is 8.99. The molecule has 0 radical (unpaired) electrons. The van der Waals surface area contributed by atoms with E-state index in [4.69, 9.17) is 9.47 Å². The number of carbonyl (C=O) groups excluding carboxylic acids is 2. The fourth-order valence-corrected chi connectivity index (χ4v) is 3.68. The van der Waals surface area contributed by atoms with Crippen molar-refractivity contribution in [2.24, 2.45) is 0 Å². The molecular weight excluding hydrogens is 364 g/mol. The maximum Gasteiger partial charge on any atom is 0.338 e. The summed E-state index contributed by atoms with van der Waals surface area (Å²) in [7, 11) is 0. The van der Waals surface area contributed by atoms with E-state index in [9.17, 15) is 9.59 Å². The molecule has 6 nitrogen and oxygen atoms in total. The summed E-state index contributed by atoms with van der Waals surface area (Å²) in [6.07, 6.45) is 3.15. The molecule has 0 N–H and O–H groups in total. The number of nitrogens with zero attached hydrogens (tertiary/aromatic N) is 2.